The molecule has 0 aliphatic carbocycles. The maximum atomic E-state index is 11.5. The van der Waals surface area contributed by atoms with Crippen LogP contribution < -0.4 is 10.9 Å². The quantitative estimate of drug-likeness (QED) is 0.751. The fourth-order valence-electron chi connectivity index (χ4n) is 1.19. The third-order valence-electron chi connectivity index (χ3n) is 2.09. The maximum Gasteiger partial charge on any atom is 0.356 e. The second-order valence-corrected chi connectivity index (χ2v) is 4.22. The molecule has 0 fully saturated rings. The predicted molar refractivity (Wildman–Crippen MR) is 63.3 cm³/mol. The van der Waals surface area contributed by atoms with Crippen molar-refractivity contribution in [1.82, 2.24) is 15.1 Å². The highest BCUT2D eigenvalue weighted by atomic mass is 16.4. The van der Waals surface area contributed by atoms with Crippen LogP contribution in [0.5, 0.6) is 0 Å². The first-order chi connectivity index (χ1) is 8.40. The monoisotopic (exact) mass is 253 g/mol. The molecule has 0 aliphatic heterocycles. The summed E-state index contributed by atoms with van der Waals surface area (Å²) < 4.78 is 0.832. The van der Waals surface area contributed by atoms with E-state index < -0.39 is 11.5 Å². The van der Waals surface area contributed by atoms with Crippen LogP contribution in [0.25, 0.3) is 0 Å². The van der Waals surface area contributed by atoms with Gasteiger partial charge in [-0.2, -0.15) is 5.10 Å². The van der Waals surface area contributed by atoms with Crippen LogP contribution in [0.2, 0.25) is 0 Å². The zero-order valence-corrected chi connectivity index (χ0v) is 10.2. The summed E-state index contributed by atoms with van der Waals surface area (Å²) in [5.41, 5.74) is -0.786. The van der Waals surface area contributed by atoms with E-state index in [4.69, 9.17) is 5.11 Å². The van der Waals surface area contributed by atoms with Gasteiger partial charge in [0.2, 0.25) is 5.91 Å². The van der Waals surface area contributed by atoms with Gasteiger partial charge in [0, 0.05) is 12.6 Å². The zero-order valence-electron chi connectivity index (χ0n) is 10.2. The van der Waals surface area contributed by atoms with Gasteiger partial charge in [-0.3, -0.25) is 9.59 Å². The zero-order chi connectivity index (χ0) is 13.7. The first-order valence-corrected chi connectivity index (χ1v) is 5.48. The van der Waals surface area contributed by atoms with E-state index >= 15 is 0 Å². The van der Waals surface area contributed by atoms with Crippen LogP contribution in [-0.4, -0.2) is 33.3 Å². The fraction of sp³-hybridized carbons (Fsp3) is 0.455. The van der Waals surface area contributed by atoms with Crippen molar-refractivity contribution in [2.24, 2.45) is 5.92 Å². The molecule has 0 atom stereocenters. The van der Waals surface area contributed by atoms with Crippen LogP contribution >= 0.6 is 0 Å². The topological polar surface area (TPSA) is 101 Å². The third kappa shape index (κ3) is 4.00. The van der Waals surface area contributed by atoms with Gasteiger partial charge in [-0.25, -0.2) is 9.48 Å². The average Bonchev–Trinajstić information content (AvgIpc) is 2.29. The Labute approximate surface area is 103 Å². The number of amides is 1. The van der Waals surface area contributed by atoms with Gasteiger partial charge >= 0.3 is 5.97 Å². The molecule has 18 heavy (non-hydrogen) atoms. The highest BCUT2D eigenvalue weighted by molar-refractivity contribution is 5.85. The highest BCUT2D eigenvalue weighted by Crippen LogP contribution is 1.91. The van der Waals surface area contributed by atoms with Gasteiger partial charge in [0.05, 0.1) is 0 Å². The Kier molecular flexibility index (Phi) is 4.59. The third-order valence-corrected chi connectivity index (χ3v) is 2.09. The van der Waals surface area contributed by atoms with E-state index in [9.17, 15) is 14.4 Å². The summed E-state index contributed by atoms with van der Waals surface area (Å²) in [5, 5.41) is 14.9. The van der Waals surface area contributed by atoms with E-state index in [0.717, 1.165) is 16.8 Å². The average molecular weight is 253 g/mol. The summed E-state index contributed by atoms with van der Waals surface area (Å²) in [4.78, 5) is 33.6. The van der Waals surface area contributed by atoms with Gasteiger partial charge in [-0.1, -0.05) is 13.8 Å². The molecular weight excluding hydrogens is 238 g/mol. The van der Waals surface area contributed by atoms with E-state index in [2.05, 4.69) is 10.4 Å². The van der Waals surface area contributed by atoms with Crippen molar-refractivity contribution >= 4 is 11.9 Å². The first-order valence-electron chi connectivity index (χ1n) is 5.48. The molecule has 7 nitrogen and oxygen atoms in total. The summed E-state index contributed by atoms with van der Waals surface area (Å²) >= 11 is 0. The number of aromatic nitrogens is 2. The highest BCUT2D eigenvalue weighted by Gasteiger charge is 2.10. The number of nitrogens with one attached hydrogen (secondary N) is 1. The lowest BCUT2D eigenvalue weighted by Crippen LogP contribution is -2.35. The molecule has 1 aromatic rings. The Morgan fingerprint density at radius 2 is 2.11 bits per heavy atom. The number of carbonyl (C=O) groups is 2. The lowest BCUT2D eigenvalue weighted by Gasteiger charge is -2.08. The van der Waals surface area contributed by atoms with Gasteiger partial charge in [0.15, 0.2) is 5.69 Å². The molecule has 7 heteroatoms. The van der Waals surface area contributed by atoms with Crippen LogP contribution in [0, 0.1) is 5.92 Å². The summed E-state index contributed by atoms with van der Waals surface area (Å²) in [6.45, 7) is 4.09. The molecule has 98 valence electrons. The number of rotatable bonds is 5. The van der Waals surface area contributed by atoms with Crippen LogP contribution in [-0.2, 0) is 11.3 Å². The molecule has 0 unspecified atom stereocenters. The van der Waals surface area contributed by atoms with E-state index in [1.165, 1.54) is 0 Å². The Balaban J connectivity index is 2.77. The summed E-state index contributed by atoms with van der Waals surface area (Å²) in [6, 6.07) is 2.18. The van der Waals surface area contributed by atoms with Gasteiger partial charge in [-0.05, 0) is 12.0 Å². The van der Waals surface area contributed by atoms with Crippen molar-refractivity contribution in [2.45, 2.75) is 20.4 Å². The summed E-state index contributed by atoms with van der Waals surface area (Å²) in [5.74, 6) is -1.32. The lowest BCUT2D eigenvalue weighted by atomic mass is 10.2. The van der Waals surface area contributed by atoms with E-state index in [1.54, 1.807) is 0 Å². The fourth-order valence-corrected chi connectivity index (χ4v) is 1.19. The van der Waals surface area contributed by atoms with Crippen molar-refractivity contribution in [3.63, 3.8) is 0 Å². The van der Waals surface area contributed by atoms with E-state index in [0.29, 0.717) is 12.5 Å². The van der Waals surface area contributed by atoms with Gasteiger partial charge < -0.3 is 10.4 Å². The number of carboxylic acids is 1. The molecule has 1 aromatic heterocycles. The van der Waals surface area contributed by atoms with Crippen molar-refractivity contribution in [1.29, 1.82) is 0 Å². The molecule has 0 saturated heterocycles. The molecule has 0 radical (unpaired) electrons. The Bertz CT molecular complexity index is 507. The van der Waals surface area contributed by atoms with Crippen molar-refractivity contribution in [3.05, 3.63) is 28.2 Å². The van der Waals surface area contributed by atoms with Crippen molar-refractivity contribution < 1.29 is 14.7 Å². The number of hydrogen-bond acceptors (Lipinski definition) is 4. The Morgan fingerprint density at radius 3 is 2.67 bits per heavy atom. The number of aromatic carboxylic acids is 1. The van der Waals surface area contributed by atoms with Crippen LogP contribution in [0.15, 0.2) is 16.9 Å². The molecule has 0 spiro atoms. The first kappa shape index (κ1) is 13.9. The standard InChI is InChI=1S/C11H15N3O4/c1-7(2)5-12-9(15)6-14-10(16)4-3-8(13-14)11(17)18/h3-4,7H,5-6H2,1-2H3,(H,12,15)(H,17,18). The molecule has 1 amide bonds. The molecule has 0 aromatic carbocycles. The van der Waals surface area contributed by atoms with Gasteiger partial charge in [0.1, 0.15) is 6.54 Å². The minimum absolute atomic E-state index is 0.272. The largest absolute Gasteiger partial charge is 0.476 e. The maximum absolute atomic E-state index is 11.5. The minimum atomic E-state index is -1.24. The lowest BCUT2D eigenvalue weighted by molar-refractivity contribution is -0.122. The summed E-state index contributed by atoms with van der Waals surface area (Å²) in [6.07, 6.45) is 0. The number of carboxylic acid groups (broad SMARTS) is 1. The molecule has 0 aliphatic rings. The van der Waals surface area contributed by atoms with E-state index in [1.807, 2.05) is 13.8 Å². The normalized spacial score (nSPS) is 10.4. The number of carbonyl (C=O) groups excluding carboxylic acids is 1. The Hall–Kier alpha value is -2.18. The van der Waals surface area contributed by atoms with E-state index in [-0.39, 0.29) is 18.1 Å². The SMILES string of the molecule is CC(C)CNC(=O)Cn1nc(C(=O)O)ccc1=O. The van der Waals surface area contributed by atoms with Crippen LogP contribution in [0.1, 0.15) is 24.3 Å². The molecule has 0 bridgehead atoms. The molecule has 0 saturated carbocycles. The predicted octanol–water partition coefficient (Wildman–Crippen LogP) is -0.286. The van der Waals surface area contributed by atoms with Crippen LogP contribution in [0.3, 0.4) is 0 Å². The van der Waals surface area contributed by atoms with Gasteiger partial charge in [-0.15, -0.1) is 0 Å². The molecule has 1 rings (SSSR count). The van der Waals surface area contributed by atoms with Gasteiger partial charge in [0.25, 0.3) is 5.56 Å². The summed E-state index contributed by atoms with van der Waals surface area (Å²) in [7, 11) is 0. The smallest absolute Gasteiger partial charge is 0.356 e. The second-order valence-electron chi connectivity index (χ2n) is 4.22. The van der Waals surface area contributed by atoms with Crippen molar-refractivity contribution in [3.8, 4) is 0 Å². The minimum Gasteiger partial charge on any atom is -0.476 e. The number of nitrogens with zero attached hydrogens (tertiary/aromatic N) is 2. The molecule has 2 N–H and O–H groups in total. The van der Waals surface area contributed by atoms with Crippen molar-refractivity contribution in [2.75, 3.05) is 6.54 Å². The number of hydrogen-bond donors (Lipinski definition) is 2. The Morgan fingerprint density at radius 1 is 1.44 bits per heavy atom. The van der Waals surface area contributed by atoms with Crippen LogP contribution in [0.4, 0.5) is 0 Å². The second kappa shape index (κ2) is 5.95. The molecule has 1 heterocycles. The molecular formula is C11H15N3O4.